The molecule has 0 spiro atoms. The Morgan fingerprint density at radius 1 is 1.11 bits per heavy atom. The molecular formula is C14H11ClN2O2. The first-order chi connectivity index (χ1) is 8.75. The first-order valence-electron chi connectivity index (χ1n) is 5.51. The number of carboxylic acid groups (broad SMARTS) is 1. The van der Waals surface area contributed by atoms with Gasteiger partial charge in [-0.15, -0.1) is 12.4 Å². The molecule has 96 valence electrons. The van der Waals surface area contributed by atoms with E-state index in [4.69, 9.17) is 5.11 Å². The molecule has 3 aromatic rings. The minimum absolute atomic E-state index is 0. The molecule has 1 aromatic heterocycles. The highest BCUT2D eigenvalue weighted by atomic mass is 35.5. The second-order valence-corrected chi connectivity index (χ2v) is 3.96. The van der Waals surface area contributed by atoms with Gasteiger partial charge in [0, 0.05) is 5.69 Å². The van der Waals surface area contributed by atoms with E-state index in [-0.39, 0.29) is 18.0 Å². The van der Waals surface area contributed by atoms with Gasteiger partial charge in [-0.05, 0) is 30.3 Å². The van der Waals surface area contributed by atoms with Gasteiger partial charge in [-0.1, -0.05) is 18.2 Å². The molecule has 1 N–H and O–H groups in total. The summed E-state index contributed by atoms with van der Waals surface area (Å²) in [4.78, 5) is 15.3. The molecule has 1 heterocycles. The number of hydrogen-bond donors (Lipinski definition) is 1. The van der Waals surface area contributed by atoms with Crippen molar-refractivity contribution < 1.29 is 9.90 Å². The maximum atomic E-state index is 11.0. The Morgan fingerprint density at radius 3 is 2.53 bits per heavy atom. The van der Waals surface area contributed by atoms with Crippen molar-refractivity contribution in [3.05, 3.63) is 60.4 Å². The minimum atomic E-state index is -0.933. The quantitative estimate of drug-likeness (QED) is 0.781. The van der Waals surface area contributed by atoms with Crippen molar-refractivity contribution in [2.45, 2.75) is 0 Å². The van der Waals surface area contributed by atoms with Crippen LogP contribution in [0.15, 0.2) is 54.9 Å². The number of carbonyl (C=O) groups is 1. The van der Waals surface area contributed by atoms with E-state index in [0.29, 0.717) is 0 Å². The molecule has 0 fully saturated rings. The van der Waals surface area contributed by atoms with Crippen molar-refractivity contribution in [3.63, 3.8) is 0 Å². The summed E-state index contributed by atoms with van der Waals surface area (Å²) in [6, 6.07) is 14.6. The van der Waals surface area contributed by atoms with E-state index in [1.165, 1.54) is 0 Å². The lowest BCUT2D eigenvalue weighted by Crippen LogP contribution is -1.97. The Bertz CT molecular complexity index is 723. The Labute approximate surface area is 115 Å². The topological polar surface area (TPSA) is 55.1 Å². The average Bonchev–Trinajstić information content (AvgIpc) is 2.82. The monoisotopic (exact) mass is 274 g/mol. The van der Waals surface area contributed by atoms with Crippen molar-refractivity contribution in [2.24, 2.45) is 0 Å². The second kappa shape index (κ2) is 5.12. The minimum Gasteiger partial charge on any atom is -0.478 e. The van der Waals surface area contributed by atoms with Crippen LogP contribution < -0.4 is 0 Å². The number of imidazole rings is 1. The van der Waals surface area contributed by atoms with Crippen molar-refractivity contribution in [1.82, 2.24) is 9.55 Å². The van der Waals surface area contributed by atoms with Crippen LogP contribution in [0.25, 0.3) is 16.7 Å². The number of fused-ring (bicyclic) bond motifs is 1. The Morgan fingerprint density at radius 2 is 1.84 bits per heavy atom. The third kappa shape index (κ3) is 2.30. The summed E-state index contributed by atoms with van der Waals surface area (Å²) in [5.41, 5.74) is 2.80. The number of rotatable bonds is 2. The second-order valence-electron chi connectivity index (χ2n) is 3.96. The van der Waals surface area contributed by atoms with E-state index in [2.05, 4.69) is 4.98 Å². The maximum Gasteiger partial charge on any atom is 0.335 e. The lowest BCUT2D eigenvalue weighted by molar-refractivity contribution is 0.0697. The van der Waals surface area contributed by atoms with Crippen molar-refractivity contribution >= 4 is 29.4 Å². The lowest BCUT2D eigenvalue weighted by Gasteiger charge is -2.04. The highest BCUT2D eigenvalue weighted by molar-refractivity contribution is 5.92. The molecule has 0 bridgehead atoms. The molecule has 3 rings (SSSR count). The van der Waals surface area contributed by atoms with Crippen LogP contribution in [0.3, 0.4) is 0 Å². The molecule has 0 aliphatic carbocycles. The first kappa shape index (κ1) is 13.1. The highest BCUT2D eigenvalue weighted by Gasteiger charge is 2.08. The number of hydrogen-bond acceptors (Lipinski definition) is 2. The van der Waals surface area contributed by atoms with E-state index < -0.39 is 5.97 Å². The molecule has 0 aliphatic rings. The maximum absolute atomic E-state index is 11.0. The predicted octanol–water partition coefficient (Wildman–Crippen LogP) is 3.15. The van der Waals surface area contributed by atoms with Crippen LogP contribution in [0.4, 0.5) is 0 Å². The highest BCUT2D eigenvalue weighted by Crippen LogP contribution is 2.19. The summed E-state index contributed by atoms with van der Waals surface area (Å²) in [6.07, 6.45) is 1.70. The Hall–Kier alpha value is -2.33. The molecule has 0 aliphatic heterocycles. The van der Waals surface area contributed by atoms with Crippen molar-refractivity contribution in [1.29, 1.82) is 0 Å². The molecule has 0 atom stereocenters. The van der Waals surface area contributed by atoms with Crippen LogP contribution in [0.5, 0.6) is 0 Å². The number of aromatic nitrogens is 2. The van der Waals surface area contributed by atoms with Gasteiger partial charge in [-0.25, -0.2) is 9.78 Å². The number of para-hydroxylation sites is 1. The zero-order valence-electron chi connectivity index (χ0n) is 9.85. The number of carboxylic acids is 1. The summed E-state index contributed by atoms with van der Waals surface area (Å²) in [6.45, 7) is 0. The van der Waals surface area contributed by atoms with E-state index in [1.54, 1.807) is 24.5 Å². The molecule has 0 saturated carbocycles. The first-order valence-corrected chi connectivity index (χ1v) is 5.51. The van der Waals surface area contributed by atoms with Crippen LogP contribution in [-0.2, 0) is 0 Å². The molecule has 0 saturated heterocycles. The summed E-state index contributed by atoms with van der Waals surface area (Å²) >= 11 is 0. The van der Waals surface area contributed by atoms with E-state index in [0.717, 1.165) is 16.7 Å². The van der Waals surface area contributed by atoms with Gasteiger partial charge < -0.3 is 5.11 Å². The van der Waals surface area contributed by atoms with Crippen LogP contribution in [0.1, 0.15) is 10.4 Å². The third-order valence-corrected chi connectivity index (χ3v) is 2.83. The zero-order valence-corrected chi connectivity index (χ0v) is 10.7. The molecule has 0 unspecified atom stereocenters. The molecule has 0 radical (unpaired) electrons. The standard InChI is InChI=1S/C14H10N2O2.ClH/c17-14(18)10-6-7-12-13(8-10)16(9-15-12)11-4-2-1-3-5-11;/h1-9H,(H,17,18);1H. The van der Waals surface area contributed by atoms with Crippen molar-refractivity contribution in [2.75, 3.05) is 0 Å². The lowest BCUT2D eigenvalue weighted by atomic mass is 10.2. The van der Waals surface area contributed by atoms with Gasteiger partial charge in [0.15, 0.2) is 0 Å². The Kier molecular flexibility index (Phi) is 3.53. The van der Waals surface area contributed by atoms with Gasteiger partial charge in [-0.3, -0.25) is 4.57 Å². The molecule has 4 nitrogen and oxygen atoms in total. The van der Waals surface area contributed by atoms with E-state index in [1.807, 2.05) is 34.9 Å². The third-order valence-electron chi connectivity index (χ3n) is 2.83. The molecule has 2 aromatic carbocycles. The molecule has 5 heteroatoms. The van der Waals surface area contributed by atoms with Gasteiger partial charge in [-0.2, -0.15) is 0 Å². The van der Waals surface area contributed by atoms with E-state index >= 15 is 0 Å². The SMILES string of the molecule is Cl.O=C(O)c1ccc2ncn(-c3ccccc3)c2c1. The number of benzene rings is 2. The molecule has 0 amide bonds. The number of halogens is 1. The largest absolute Gasteiger partial charge is 0.478 e. The van der Waals surface area contributed by atoms with E-state index in [9.17, 15) is 4.79 Å². The smallest absolute Gasteiger partial charge is 0.335 e. The molecule has 19 heavy (non-hydrogen) atoms. The normalized spacial score (nSPS) is 10.1. The van der Waals surface area contributed by atoms with Crippen LogP contribution >= 0.6 is 12.4 Å². The summed E-state index contributed by atoms with van der Waals surface area (Å²) in [5, 5.41) is 9.01. The molecular weight excluding hydrogens is 264 g/mol. The van der Waals surface area contributed by atoms with Crippen LogP contribution in [0.2, 0.25) is 0 Å². The summed E-state index contributed by atoms with van der Waals surface area (Å²) in [5.74, 6) is -0.933. The van der Waals surface area contributed by atoms with Gasteiger partial charge in [0.2, 0.25) is 0 Å². The number of nitrogens with zero attached hydrogens (tertiary/aromatic N) is 2. The summed E-state index contributed by atoms with van der Waals surface area (Å²) in [7, 11) is 0. The van der Waals surface area contributed by atoms with Gasteiger partial charge in [0.25, 0.3) is 0 Å². The average molecular weight is 275 g/mol. The predicted molar refractivity (Wildman–Crippen MR) is 75.3 cm³/mol. The zero-order chi connectivity index (χ0) is 12.5. The Balaban J connectivity index is 0.00000133. The van der Waals surface area contributed by atoms with Crippen molar-refractivity contribution in [3.8, 4) is 5.69 Å². The fraction of sp³-hybridized carbons (Fsp3) is 0. The number of aromatic carboxylic acids is 1. The van der Waals surface area contributed by atoms with Gasteiger partial charge in [0.1, 0.15) is 6.33 Å². The van der Waals surface area contributed by atoms with Crippen LogP contribution in [0, 0.1) is 0 Å². The fourth-order valence-corrected chi connectivity index (χ4v) is 1.94. The van der Waals surface area contributed by atoms with Crippen LogP contribution in [-0.4, -0.2) is 20.6 Å². The fourth-order valence-electron chi connectivity index (χ4n) is 1.94. The van der Waals surface area contributed by atoms with Gasteiger partial charge in [0.05, 0.1) is 16.6 Å². The van der Waals surface area contributed by atoms with Gasteiger partial charge >= 0.3 is 5.97 Å². The summed E-state index contributed by atoms with van der Waals surface area (Å²) < 4.78 is 1.88.